The van der Waals surface area contributed by atoms with E-state index in [9.17, 15) is 4.79 Å². The van der Waals surface area contributed by atoms with Crippen molar-refractivity contribution in [2.75, 3.05) is 11.9 Å². The Balaban J connectivity index is 1.55. The zero-order chi connectivity index (χ0) is 21.9. The highest BCUT2D eigenvalue weighted by Crippen LogP contribution is 2.27. The first-order chi connectivity index (χ1) is 15.7. The topological polar surface area (TPSA) is 121 Å². The summed E-state index contributed by atoms with van der Waals surface area (Å²) in [4.78, 5) is 22.2. The van der Waals surface area contributed by atoms with Crippen molar-refractivity contribution in [3.05, 3.63) is 60.8 Å². The SMILES string of the molecule is C[C@H]1CCCOc2ncc(-c3ccnnc3)cc2C(=O)Nc2cccc(n2)-c2nncn21. The molecule has 0 radical (unpaired) electrons. The number of anilines is 1. The number of nitrogens with one attached hydrogen (secondary N) is 1. The van der Waals surface area contributed by atoms with Gasteiger partial charge in [0.1, 0.15) is 23.4 Å². The van der Waals surface area contributed by atoms with Gasteiger partial charge in [-0.3, -0.25) is 4.79 Å². The van der Waals surface area contributed by atoms with Gasteiger partial charge >= 0.3 is 0 Å². The van der Waals surface area contributed by atoms with E-state index in [0.29, 0.717) is 29.5 Å². The minimum atomic E-state index is -0.368. The van der Waals surface area contributed by atoms with Gasteiger partial charge in [0.25, 0.3) is 5.91 Å². The Morgan fingerprint density at radius 3 is 2.94 bits per heavy atom. The van der Waals surface area contributed by atoms with Crippen molar-refractivity contribution >= 4 is 11.7 Å². The molecule has 0 unspecified atom stereocenters. The van der Waals surface area contributed by atoms with Gasteiger partial charge in [-0.1, -0.05) is 6.07 Å². The van der Waals surface area contributed by atoms with Crippen molar-refractivity contribution < 1.29 is 9.53 Å². The fourth-order valence-electron chi connectivity index (χ4n) is 3.60. The van der Waals surface area contributed by atoms with Crippen LogP contribution < -0.4 is 10.1 Å². The van der Waals surface area contributed by atoms with Crippen molar-refractivity contribution in [2.45, 2.75) is 25.8 Å². The van der Waals surface area contributed by atoms with Crippen LogP contribution in [0.5, 0.6) is 5.88 Å². The van der Waals surface area contributed by atoms with E-state index >= 15 is 0 Å². The molecule has 32 heavy (non-hydrogen) atoms. The third-order valence-corrected chi connectivity index (χ3v) is 5.29. The number of aromatic nitrogens is 7. The monoisotopic (exact) mass is 428 g/mol. The molecule has 1 amide bonds. The van der Waals surface area contributed by atoms with Gasteiger partial charge < -0.3 is 14.6 Å². The van der Waals surface area contributed by atoms with Crippen molar-refractivity contribution in [2.24, 2.45) is 0 Å². The van der Waals surface area contributed by atoms with Gasteiger partial charge in [-0.05, 0) is 44.0 Å². The maximum atomic E-state index is 13.2. The molecule has 0 aromatic carbocycles. The molecule has 0 spiro atoms. The number of hydrogen-bond donors (Lipinski definition) is 1. The van der Waals surface area contributed by atoms with Crippen LogP contribution in [0, 0.1) is 0 Å². The number of amides is 1. The number of carbonyl (C=O) groups excluding carboxylic acids is 1. The Labute approximate surface area is 183 Å². The lowest BCUT2D eigenvalue weighted by Crippen LogP contribution is -2.17. The Morgan fingerprint density at radius 1 is 1.12 bits per heavy atom. The average Bonchev–Trinajstić information content (AvgIpc) is 3.32. The molecular formula is C22H20N8O2. The Bertz CT molecular complexity index is 1260. The van der Waals surface area contributed by atoms with Gasteiger partial charge in [-0.15, -0.1) is 10.2 Å². The summed E-state index contributed by atoms with van der Waals surface area (Å²) < 4.78 is 7.89. The summed E-state index contributed by atoms with van der Waals surface area (Å²) >= 11 is 0. The van der Waals surface area contributed by atoms with Crippen molar-refractivity contribution in [3.63, 3.8) is 0 Å². The fraction of sp³-hybridized carbons (Fsp3) is 0.227. The summed E-state index contributed by atoms with van der Waals surface area (Å²) in [6.07, 6.45) is 8.18. The van der Waals surface area contributed by atoms with E-state index in [2.05, 4.69) is 42.6 Å². The van der Waals surface area contributed by atoms with Gasteiger partial charge in [-0.25, -0.2) is 9.97 Å². The lowest BCUT2D eigenvalue weighted by molar-refractivity contribution is 0.102. The van der Waals surface area contributed by atoms with E-state index < -0.39 is 0 Å². The first-order valence-electron chi connectivity index (χ1n) is 10.3. The van der Waals surface area contributed by atoms with Gasteiger partial charge in [0.15, 0.2) is 5.82 Å². The van der Waals surface area contributed by atoms with Crippen LogP contribution >= 0.6 is 0 Å². The Hall–Kier alpha value is -4.21. The largest absolute Gasteiger partial charge is 0.477 e. The van der Waals surface area contributed by atoms with Crippen molar-refractivity contribution in [3.8, 4) is 28.5 Å². The van der Waals surface area contributed by atoms with E-state index in [1.54, 1.807) is 43.1 Å². The predicted molar refractivity (Wildman–Crippen MR) is 116 cm³/mol. The maximum absolute atomic E-state index is 13.2. The summed E-state index contributed by atoms with van der Waals surface area (Å²) in [5.41, 5.74) is 2.49. The third kappa shape index (κ3) is 3.89. The van der Waals surface area contributed by atoms with Crippen molar-refractivity contribution in [1.29, 1.82) is 0 Å². The molecule has 10 heteroatoms. The second kappa shape index (κ2) is 8.50. The molecule has 160 valence electrons. The van der Waals surface area contributed by atoms with E-state index in [0.717, 1.165) is 24.0 Å². The van der Waals surface area contributed by atoms with E-state index in [1.807, 2.05) is 16.7 Å². The lowest BCUT2D eigenvalue weighted by atomic mass is 10.1. The maximum Gasteiger partial charge on any atom is 0.262 e. The van der Waals surface area contributed by atoms with E-state index in [1.165, 1.54) is 0 Å². The van der Waals surface area contributed by atoms with Gasteiger partial charge in [0.05, 0.1) is 19.0 Å². The first kappa shape index (κ1) is 19.7. The zero-order valence-electron chi connectivity index (χ0n) is 17.3. The number of ether oxygens (including phenoxy) is 1. The molecule has 5 heterocycles. The van der Waals surface area contributed by atoms with Crippen LogP contribution in [0.25, 0.3) is 22.6 Å². The van der Waals surface area contributed by atoms with Crippen LogP contribution in [0.4, 0.5) is 5.82 Å². The number of rotatable bonds is 1. The van der Waals surface area contributed by atoms with E-state index in [4.69, 9.17) is 4.74 Å². The molecule has 10 nitrogen and oxygen atoms in total. The predicted octanol–water partition coefficient (Wildman–Crippen LogP) is 3.18. The Morgan fingerprint density at radius 2 is 2.06 bits per heavy atom. The molecule has 4 aromatic rings. The fourth-order valence-corrected chi connectivity index (χ4v) is 3.60. The Kier molecular flexibility index (Phi) is 5.24. The van der Waals surface area contributed by atoms with Gasteiger partial charge in [0.2, 0.25) is 5.88 Å². The van der Waals surface area contributed by atoms with Crippen LogP contribution in [-0.4, -0.2) is 47.4 Å². The molecule has 4 aromatic heterocycles. The highest BCUT2D eigenvalue weighted by Gasteiger charge is 2.20. The average molecular weight is 428 g/mol. The van der Waals surface area contributed by atoms with E-state index in [-0.39, 0.29) is 17.8 Å². The van der Waals surface area contributed by atoms with Gasteiger partial charge in [0, 0.05) is 23.4 Å². The second-order valence-electron chi connectivity index (χ2n) is 7.47. The summed E-state index contributed by atoms with van der Waals surface area (Å²) in [5.74, 6) is 0.960. The third-order valence-electron chi connectivity index (χ3n) is 5.29. The molecule has 0 saturated heterocycles. The van der Waals surface area contributed by atoms with Crippen molar-refractivity contribution in [1.82, 2.24) is 34.9 Å². The highest BCUT2D eigenvalue weighted by atomic mass is 16.5. The molecule has 0 fully saturated rings. The molecule has 1 aliphatic rings. The molecule has 1 atom stereocenters. The van der Waals surface area contributed by atoms with Crippen LogP contribution in [0.1, 0.15) is 36.2 Å². The number of pyridine rings is 2. The minimum Gasteiger partial charge on any atom is -0.477 e. The normalized spacial score (nSPS) is 16.2. The highest BCUT2D eigenvalue weighted by molar-refractivity contribution is 6.06. The van der Waals surface area contributed by atoms with Crippen LogP contribution in [-0.2, 0) is 0 Å². The lowest BCUT2D eigenvalue weighted by Gasteiger charge is -2.17. The van der Waals surface area contributed by atoms with Gasteiger partial charge in [-0.2, -0.15) is 10.2 Å². The summed E-state index contributed by atoms with van der Waals surface area (Å²) in [6.45, 7) is 2.53. The summed E-state index contributed by atoms with van der Waals surface area (Å²) in [7, 11) is 0. The smallest absolute Gasteiger partial charge is 0.262 e. The molecule has 5 rings (SSSR count). The number of fused-ring (bicyclic) bond motifs is 5. The molecule has 0 saturated carbocycles. The molecule has 1 N–H and O–H groups in total. The quantitative estimate of drug-likeness (QED) is 0.491. The van der Waals surface area contributed by atoms with Crippen LogP contribution in [0.2, 0.25) is 0 Å². The number of hydrogen-bond acceptors (Lipinski definition) is 8. The molecule has 0 aliphatic carbocycles. The second-order valence-corrected chi connectivity index (χ2v) is 7.47. The molecule has 2 bridgehead atoms. The van der Waals surface area contributed by atoms with Crippen LogP contribution in [0.15, 0.2) is 55.2 Å². The summed E-state index contributed by atoms with van der Waals surface area (Å²) in [6, 6.07) is 9.09. The first-order valence-corrected chi connectivity index (χ1v) is 10.3. The minimum absolute atomic E-state index is 0.153. The summed E-state index contributed by atoms with van der Waals surface area (Å²) in [5, 5.41) is 18.8. The van der Waals surface area contributed by atoms with Crippen LogP contribution in [0.3, 0.4) is 0 Å². The number of carbonyl (C=O) groups is 1. The zero-order valence-corrected chi connectivity index (χ0v) is 17.3. The molecule has 1 aliphatic heterocycles. The number of nitrogens with zero attached hydrogens (tertiary/aromatic N) is 7. The standard InChI is InChI=1S/C22H20N8O2/c1-14-4-3-9-32-22-17(10-16(11-23-22)15-7-8-24-25-12-15)21(31)28-19-6-2-5-18(27-19)20-29-26-13-30(14)20/h2,5-8,10-14H,3-4,9H2,1H3,(H,27,28,31)/t14-/m0/s1. The molecular weight excluding hydrogens is 408 g/mol.